The van der Waals surface area contributed by atoms with E-state index in [9.17, 15) is 9.59 Å². The minimum atomic E-state index is -0.613. The molecule has 0 saturated heterocycles. The van der Waals surface area contributed by atoms with Crippen molar-refractivity contribution in [2.75, 3.05) is 21.3 Å². The van der Waals surface area contributed by atoms with Gasteiger partial charge in [0.2, 0.25) is 0 Å². The molecule has 3 atom stereocenters. The van der Waals surface area contributed by atoms with Crippen molar-refractivity contribution in [3.63, 3.8) is 0 Å². The number of carbonyl (C=O) groups excluding carboxylic acids is 2. The van der Waals surface area contributed by atoms with Crippen LogP contribution in [0.1, 0.15) is 63.0 Å². The molecule has 1 aliphatic heterocycles. The predicted octanol–water partition coefficient (Wildman–Crippen LogP) is 5.42. The molecule has 2 aliphatic rings. The van der Waals surface area contributed by atoms with E-state index in [1.54, 1.807) is 27.4 Å². The zero-order valence-electron chi connectivity index (χ0n) is 22.3. The summed E-state index contributed by atoms with van der Waals surface area (Å²) in [5.41, 5.74) is 4.33. The van der Waals surface area contributed by atoms with Gasteiger partial charge < -0.3 is 24.3 Å². The van der Waals surface area contributed by atoms with Crippen molar-refractivity contribution in [1.82, 2.24) is 5.32 Å². The SMILES string of the molecule is CC[C@@H](C)OC(=O)C1=C(C)NC2=C(C(=O)C[C@H](c3ccc(OC)cc3)C2)[C@@H]1c1ccc(OC)cc1OC. The third kappa shape index (κ3) is 5.22. The summed E-state index contributed by atoms with van der Waals surface area (Å²) in [6, 6.07) is 13.3. The van der Waals surface area contributed by atoms with Crippen molar-refractivity contribution < 1.29 is 28.5 Å². The molecule has 0 unspecified atom stereocenters. The van der Waals surface area contributed by atoms with E-state index < -0.39 is 11.9 Å². The Hall–Kier alpha value is -3.74. The van der Waals surface area contributed by atoms with Crippen LogP contribution in [0.4, 0.5) is 0 Å². The van der Waals surface area contributed by atoms with Crippen LogP contribution in [0.2, 0.25) is 0 Å². The van der Waals surface area contributed by atoms with E-state index >= 15 is 0 Å². The second-order valence-corrected chi connectivity index (χ2v) is 9.52. The average molecular weight is 506 g/mol. The fraction of sp³-hybridized carbons (Fsp3) is 0.400. The number of carbonyl (C=O) groups is 2. The lowest BCUT2D eigenvalue weighted by Crippen LogP contribution is -2.36. The summed E-state index contributed by atoms with van der Waals surface area (Å²) < 4.78 is 22.1. The van der Waals surface area contributed by atoms with Gasteiger partial charge in [-0.3, -0.25) is 4.79 Å². The third-order valence-electron chi connectivity index (χ3n) is 7.27. The quantitative estimate of drug-likeness (QED) is 0.480. The molecule has 1 N–H and O–H groups in total. The molecule has 2 aromatic carbocycles. The first-order chi connectivity index (χ1) is 17.8. The Bertz CT molecular complexity index is 1240. The largest absolute Gasteiger partial charge is 0.497 e. The molecule has 0 aromatic heterocycles. The number of ether oxygens (including phenoxy) is 4. The highest BCUT2D eigenvalue weighted by Gasteiger charge is 2.42. The Morgan fingerprint density at radius 3 is 2.30 bits per heavy atom. The number of dihydropyridines is 1. The monoisotopic (exact) mass is 505 g/mol. The first kappa shape index (κ1) is 26.3. The molecule has 196 valence electrons. The Balaban J connectivity index is 1.81. The molecule has 0 spiro atoms. The van der Waals surface area contributed by atoms with Crippen LogP contribution in [0.15, 0.2) is 65.0 Å². The summed E-state index contributed by atoms with van der Waals surface area (Å²) in [4.78, 5) is 27.3. The molecule has 0 bridgehead atoms. The van der Waals surface area contributed by atoms with Crippen LogP contribution in [0.3, 0.4) is 0 Å². The van der Waals surface area contributed by atoms with Crippen molar-refractivity contribution in [2.45, 2.75) is 58.0 Å². The zero-order chi connectivity index (χ0) is 26.7. The number of hydrogen-bond donors (Lipinski definition) is 1. The number of esters is 1. The van der Waals surface area contributed by atoms with Crippen LogP contribution in [0.25, 0.3) is 0 Å². The predicted molar refractivity (Wildman–Crippen MR) is 141 cm³/mol. The van der Waals surface area contributed by atoms with Crippen molar-refractivity contribution in [3.05, 3.63) is 76.1 Å². The molecule has 37 heavy (non-hydrogen) atoms. The van der Waals surface area contributed by atoms with Gasteiger partial charge in [-0.25, -0.2) is 4.79 Å². The molecule has 7 heteroatoms. The van der Waals surface area contributed by atoms with Crippen LogP contribution in [0, 0.1) is 0 Å². The van der Waals surface area contributed by atoms with Gasteiger partial charge in [-0.15, -0.1) is 0 Å². The van der Waals surface area contributed by atoms with Crippen molar-refractivity contribution in [2.24, 2.45) is 0 Å². The second kappa shape index (κ2) is 11.1. The topological polar surface area (TPSA) is 83.1 Å². The number of rotatable bonds is 8. The standard InChI is InChI=1S/C30H35NO6/c1-7-17(2)37-30(33)27-18(3)31-24-14-20(19-8-10-21(34-4)11-9-19)15-25(32)29(24)28(27)23-13-12-22(35-5)16-26(23)36-6/h8-13,16-17,20,28,31H,7,14-15H2,1-6H3/t17-,20-,28-/m1/s1. The summed E-state index contributed by atoms with van der Waals surface area (Å²) in [7, 11) is 4.79. The molecule has 1 aliphatic carbocycles. The first-order valence-electron chi connectivity index (χ1n) is 12.6. The Morgan fingerprint density at radius 1 is 1.00 bits per heavy atom. The maximum atomic E-state index is 13.8. The van der Waals surface area contributed by atoms with Crippen molar-refractivity contribution in [3.8, 4) is 17.2 Å². The van der Waals surface area contributed by atoms with Gasteiger partial charge in [0.15, 0.2) is 5.78 Å². The van der Waals surface area contributed by atoms with Crippen LogP contribution >= 0.6 is 0 Å². The van der Waals surface area contributed by atoms with E-state index in [4.69, 9.17) is 18.9 Å². The maximum Gasteiger partial charge on any atom is 0.337 e. The number of methoxy groups -OCH3 is 3. The van der Waals surface area contributed by atoms with E-state index in [2.05, 4.69) is 5.32 Å². The third-order valence-corrected chi connectivity index (χ3v) is 7.27. The summed E-state index contributed by atoms with van der Waals surface area (Å²) >= 11 is 0. The van der Waals surface area contributed by atoms with Crippen LogP contribution in [-0.2, 0) is 14.3 Å². The molecular formula is C30H35NO6. The number of Topliss-reactive ketones (excluding diaryl/α,β-unsaturated/α-hetero) is 1. The number of nitrogens with one attached hydrogen (secondary N) is 1. The van der Waals surface area contributed by atoms with E-state index in [0.717, 1.165) is 22.6 Å². The first-order valence-corrected chi connectivity index (χ1v) is 12.6. The average Bonchev–Trinajstić information content (AvgIpc) is 2.91. The number of allylic oxidation sites excluding steroid dienone is 3. The second-order valence-electron chi connectivity index (χ2n) is 9.52. The summed E-state index contributed by atoms with van der Waals surface area (Å²) in [5, 5.41) is 3.40. The van der Waals surface area contributed by atoms with Crippen LogP contribution in [-0.4, -0.2) is 39.2 Å². The number of hydrogen-bond acceptors (Lipinski definition) is 7. The zero-order valence-corrected chi connectivity index (χ0v) is 22.3. The molecule has 0 fully saturated rings. The van der Waals surface area contributed by atoms with Crippen molar-refractivity contribution >= 4 is 11.8 Å². The minimum absolute atomic E-state index is 0.00113. The summed E-state index contributed by atoms with van der Waals surface area (Å²) in [6.45, 7) is 5.69. The highest BCUT2D eigenvalue weighted by molar-refractivity contribution is 6.04. The Labute approximate surface area is 218 Å². The maximum absolute atomic E-state index is 13.8. The number of ketones is 1. The highest BCUT2D eigenvalue weighted by atomic mass is 16.5. The normalized spacial score (nSPS) is 20.1. The molecule has 2 aromatic rings. The number of benzene rings is 2. The van der Waals surface area contributed by atoms with E-state index in [1.807, 2.05) is 57.2 Å². The van der Waals surface area contributed by atoms with Gasteiger partial charge in [-0.2, -0.15) is 0 Å². The van der Waals surface area contributed by atoms with Gasteiger partial charge in [-0.05, 0) is 56.4 Å². The smallest absolute Gasteiger partial charge is 0.337 e. The fourth-order valence-electron chi connectivity index (χ4n) is 5.12. The lowest BCUT2D eigenvalue weighted by molar-refractivity contribution is -0.144. The molecular weight excluding hydrogens is 470 g/mol. The van der Waals surface area contributed by atoms with Gasteiger partial charge >= 0.3 is 5.97 Å². The van der Waals surface area contributed by atoms with Crippen molar-refractivity contribution in [1.29, 1.82) is 0 Å². The molecule has 7 nitrogen and oxygen atoms in total. The van der Waals surface area contributed by atoms with E-state index in [1.165, 1.54) is 0 Å². The lowest BCUT2D eigenvalue weighted by Gasteiger charge is -2.37. The molecule has 0 saturated carbocycles. The van der Waals surface area contributed by atoms with Gasteiger partial charge in [0, 0.05) is 35.0 Å². The fourth-order valence-corrected chi connectivity index (χ4v) is 5.12. The van der Waals surface area contributed by atoms with E-state index in [-0.39, 0.29) is 17.8 Å². The van der Waals surface area contributed by atoms with Gasteiger partial charge in [0.05, 0.1) is 38.9 Å². The van der Waals surface area contributed by atoms with Crippen LogP contribution in [0.5, 0.6) is 17.2 Å². The summed E-state index contributed by atoms with van der Waals surface area (Å²) in [5.74, 6) is 0.920. The van der Waals surface area contributed by atoms with E-state index in [0.29, 0.717) is 47.6 Å². The van der Waals surface area contributed by atoms with Crippen LogP contribution < -0.4 is 19.5 Å². The Kier molecular flexibility index (Phi) is 7.91. The molecule has 1 heterocycles. The van der Waals surface area contributed by atoms with Gasteiger partial charge in [-0.1, -0.05) is 25.1 Å². The van der Waals surface area contributed by atoms with Gasteiger partial charge in [0.1, 0.15) is 17.2 Å². The molecule has 0 amide bonds. The van der Waals surface area contributed by atoms with Gasteiger partial charge in [0.25, 0.3) is 0 Å². The molecule has 4 rings (SSSR count). The minimum Gasteiger partial charge on any atom is -0.497 e. The lowest BCUT2D eigenvalue weighted by atomic mass is 9.71. The highest BCUT2D eigenvalue weighted by Crippen LogP contribution is 2.48. The Morgan fingerprint density at radius 2 is 1.68 bits per heavy atom. The summed E-state index contributed by atoms with van der Waals surface area (Å²) in [6.07, 6.45) is 1.43. The molecule has 0 radical (unpaired) electrons.